The van der Waals surface area contributed by atoms with Gasteiger partial charge in [0.2, 0.25) is 6.23 Å². The van der Waals surface area contributed by atoms with E-state index in [4.69, 9.17) is 26.2 Å². The molecule has 0 spiro atoms. The Kier molecular flexibility index (Phi) is 4.75. The van der Waals surface area contributed by atoms with Crippen LogP contribution in [0, 0.1) is 10.1 Å². The molecule has 156 valence electrons. The number of benzene rings is 3. The Balaban J connectivity index is 1.59. The van der Waals surface area contributed by atoms with Crippen LogP contribution in [0.15, 0.2) is 71.8 Å². The molecule has 0 saturated carbocycles. The maximum absolute atomic E-state index is 11.1. The van der Waals surface area contributed by atoms with Crippen molar-refractivity contribution in [2.75, 3.05) is 7.11 Å². The van der Waals surface area contributed by atoms with E-state index >= 15 is 0 Å². The van der Waals surface area contributed by atoms with Crippen LogP contribution in [-0.4, -0.2) is 22.8 Å². The van der Waals surface area contributed by atoms with Crippen molar-refractivity contribution >= 4 is 23.0 Å². The highest BCUT2D eigenvalue weighted by Crippen LogP contribution is 2.50. The lowest BCUT2D eigenvalue weighted by molar-refractivity contribution is -0.384. The minimum atomic E-state index is -0.542. The molecule has 0 aromatic heterocycles. The average Bonchev–Trinajstić information content (AvgIpc) is 3.24. The Bertz CT molecular complexity index is 1180. The maximum Gasteiger partial charge on any atom is 0.269 e. The van der Waals surface area contributed by atoms with Gasteiger partial charge < -0.3 is 9.47 Å². The minimum absolute atomic E-state index is 0.0286. The molecule has 0 fully saturated rings. The van der Waals surface area contributed by atoms with Crippen molar-refractivity contribution in [3.63, 3.8) is 0 Å². The van der Waals surface area contributed by atoms with Crippen LogP contribution in [-0.2, 0) is 0 Å². The number of halogens is 1. The Labute approximate surface area is 183 Å². The molecule has 0 saturated heterocycles. The first kappa shape index (κ1) is 19.4. The van der Waals surface area contributed by atoms with Crippen molar-refractivity contribution in [3.05, 3.63) is 98.6 Å². The van der Waals surface area contributed by atoms with Crippen LogP contribution in [0.25, 0.3) is 0 Å². The van der Waals surface area contributed by atoms with Crippen molar-refractivity contribution < 1.29 is 14.4 Å². The van der Waals surface area contributed by atoms with Crippen molar-refractivity contribution in [1.29, 1.82) is 0 Å². The molecule has 0 bridgehead atoms. The molecular weight excluding hydrogens is 418 g/mol. The van der Waals surface area contributed by atoms with E-state index in [0.29, 0.717) is 22.9 Å². The van der Waals surface area contributed by atoms with E-state index in [2.05, 4.69) is 0 Å². The zero-order chi connectivity index (χ0) is 21.5. The number of nitrogens with zero attached hydrogens (tertiary/aromatic N) is 3. The summed E-state index contributed by atoms with van der Waals surface area (Å²) in [7, 11) is 1.61. The van der Waals surface area contributed by atoms with E-state index in [-0.39, 0.29) is 11.7 Å². The fourth-order valence-electron chi connectivity index (χ4n) is 4.04. The van der Waals surface area contributed by atoms with Crippen LogP contribution in [0.3, 0.4) is 0 Å². The molecule has 3 aromatic carbocycles. The molecule has 2 aliphatic rings. The molecule has 3 aromatic rings. The SMILES string of the molecule is COc1cccc2c1O[C@@H](c1ccc([N+](=O)[O-])cc1)N1N=C(c3ccc(Cl)cc3)C[C@@H]21. The summed E-state index contributed by atoms with van der Waals surface area (Å²) < 4.78 is 11.9. The van der Waals surface area contributed by atoms with Gasteiger partial charge in [-0.3, -0.25) is 10.1 Å². The summed E-state index contributed by atoms with van der Waals surface area (Å²) in [5, 5.41) is 18.5. The fraction of sp³-hybridized carbons (Fsp3) is 0.174. The zero-order valence-corrected chi connectivity index (χ0v) is 17.3. The van der Waals surface area contributed by atoms with Crippen molar-refractivity contribution in [3.8, 4) is 11.5 Å². The van der Waals surface area contributed by atoms with Gasteiger partial charge >= 0.3 is 0 Å². The third-order valence-corrected chi connectivity index (χ3v) is 5.82. The molecule has 8 heteroatoms. The number of hydrogen-bond donors (Lipinski definition) is 0. The Morgan fingerprint density at radius 1 is 1.13 bits per heavy atom. The number of rotatable bonds is 4. The van der Waals surface area contributed by atoms with Crippen molar-refractivity contribution in [2.45, 2.75) is 18.7 Å². The third kappa shape index (κ3) is 3.37. The van der Waals surface area contributed by atoms with E-state index in [0.717, 1.165) is 22.4 Å². The van der Waals surface area contributed by atoms with Gasteiger partial charge in [-0.25, -0.2) is 5.01 Å². The van der Waals surface area contributed by atoms with E-state index in [1.165, 1.54) is 12.1 Å². The minimum Gasteiger partial charge on any atom is -0.493 e. The first-order valence-electron chi connectivity index (χ1n) is 9.75. The topological polar surface area (TPSA) is 77.2 Å². The number of hydrogen-bond acceptors (Lipinski definition) is 6. The Morgan fingerprint density at radius 3 is 2.55 bits per heavy atom. The molecule has 0 unspecified atom stereocenters. The summed E-state index contributed by atoms with van der Waals surface area (Å²) in [6.45, 7) is 0. The Morgan fingerprint density at radius 2 is 1.87 bits per heavy atom. The fourth-order valence-corrected chi connectivity index (χ4v) is 4.17. The van der Waals surface area contributed by atoms with Gasteiger partial charge in [0.15, 0.2) is 11.5 Å². The molecule has 5 rings (SSSR count). The average molecular weight is 436 g/mol. The predicted molar refractivity (Wildman–Crippen MR) is 117 cm³/mol. The van der Waals surface area contributed by atoms with Crippen LogP contribution in [0.2, 0.25) is 5.02 Å². The molecule has 2 heterocycles. The second-order valence-corrected chi connectivity index (χ2v) is 7.79. The third-order valence-electron chi connectivity index (χ3n) is 5.57. The molecule has 7 nitrogen and oxygen atoms in total. The van der Waals surface area contributed by atoms with Gasteiger partial charge in [0.1, 0.15) is 0 Å². The number of nitro groups is 1. The summed E-state index contributed by atoms with van der Waals surface area (Å²) in [5.74, 6) is 1.31. The summed E-state index contributed by atoms with van der Waals surface area (Å²) in [4.78, 5) is 10.6. The second kappa shape index (κ2) is 7.59. The summed E-state index contributed by atoms with van der Waals surface area (Å²) in [6.07, 6.45) is 0.147. The monoisotopic (exact) mass is 435 g/mol. The van der Waals surface area contributed by atoms with Crippen LogP contribution >= 0.6 is 11.6 Å². The van der Waals surface area contributed by atoms with E-state index in [1.807, 2.05) is 47.5 Å². The number of ether oxygens (including phenoxy) is 2. The lowest BCUT2D eigenvalue weighted by atomic mass is 9.95. The summed E-state index contributed by atoms with van der Waals surface area (Å²) in [5.41, 5.74) is 3.71. The first-order valence-corrected chi connectivity index (χ1v) is 10.1. The molecule has 0 radical (unpaired) electrons. The Hall–Kier alpha value is -3.58. The summed E-state index contributed by atoms with van der Waals surface area (Å²) in [6, 6.07) is 19.7. The van der Waals surface area contributed by atoms with E-state index < -0.39 is 11.2 Å². The highest BCUT2D eigenvalue weighted by Gasteiger charge is 2.42. The van der Waals surface area contributed by atoms with Gasteiger partial charge in [-0.15, -0.1) is 0 Å². The number of nitro benzene ring substituents is 1. The number of hydrazone groups is 1. The number of para-hydroxylation sites is 1. The molecule has 0 N–H and O–H groups in total. The lowest BCUT2D eigenvalue weighted by Crippen LogP contribution is -2.33. The van der Waals surface area contributed by atoms with E-state index in [1.54, 1.807) is 19.2 Å². The van der Waals surface area contributed by atoms with Gasteiger partial charge in [0, 0.05) is 34.7 Å². The largest absolute Gasteiger partial charge is 0.493 e. The number of fused-ring (bicyclic) bond motifs is 3. The highest BCUT2D eigenvalue weighted by molar-refractivity contribution is 6.30. The number of methoxy groups -OCH3 is 1. The van der Waals surface area contributed by atoms with Crippen LogP contribution in [0.4, 0.5) is 5.69 Å². The van der Waals surface area contributed by atoms with Gasteiger partial charge in [0.25, 0.3) is 5.69 Å². The normalized spacial score (nSPS) is 19.2. The molecular formula is C23H18ClN3O4. The molecule has 0 aliphatic carbocycles. The highest BCUT2D eigenvalue weighted by atomic mass is 35.5. The van der Waals surface area contributed by atoms with Crippen molar-refractivity contribution in [2.24, 2.45) is 5.10 Å². The van der Waals surface area contributed by atoms with Crippen LogP contribution in [0.1, 0.15) is 35.4 Å². The summed E-state index contributed by atoms with van der Waals surface area (Å²) >= 11 is 6.05. The van der Waals surface area contributed by atoms with Crippen LogP contribution < -0.4 is 9.47 Å². The lowest BCUT2D eigenvalue weighted by Gasteiger charge is -2.38. The zero-order valence-electron chi connectivity index (χ0n) is 16.6. The van der Waals surface area contributed by atoms with E-state index in [9.17, 15) is 10.1 Å². The molecule has 0 amide bonds. The van der Waals surface area contributed by atoms with Gasteiger partial charge in [-0.05, 0) is 35.9 Å². The van der Waals surface area contributed by atoms with Gasteiger partial charge in [-0.1, -0.05) is 35.9 Å². The first-order chi connectivity index (χ1) is 15.0. The van der Waals surface area contributed by atoms with Crippen molar-refractivity contribution in [1.82, 2.24) is 5.01 Å². The molecule has 2 atom stereocenters. The maximum atomic E-state index is 11.1. The molecule has 31 heavy (non-hydrogen) atoms. The van der Waals surface area contributed by atoms with Gasteiger partial charge in [0.05, 0.1) is 23.8 Å². The van der Waals surface area contributed by atoms with Crippen LogP contribution in [0.5, 0.6) is 11.5 Å². The second-order valence-electron chi connectivity index (χ2n) is 7.35. The number of non-ortho nitro benzene ring substituents is 1. The van der Waals surface area contributed by atoms with Gasteiger partial charge in [-0.2, -0.15) is 5.10 Å². The standard InChI is InChI=1S/C23H18ClN3O4/c1-30-21-4-2-3-18-20-13-19(14-5-9-16(24)10-6-14)25-26(20)23(31-22(18)21)15-7-11-17(12-8-15)27(28)29/h2-12,20,23H,13H2,1H3/t20-,23-/m0/s1. The quantitative estimate of drug-likeness (QED) is 0.399. The smallest absolute Gasteiger partial charge is 0.269 e. The molecule has 2 aliphatic heterocycles. The predicted octanol–water partition coefficient (Wildman–Crippen LogP) is 5.50.